The zero-order chi connectivity index (χ0) is 12.6. The average molecular weight is 327 g/mol. The van der Waals surface area contributed by atoms with Crippen LogP contribution in [0.15, 0.2) is 0 Å². The number of hydrogen-bond donors (Lipinski definition) is 3. The number of carboxylic acids is 2. The Balaban J connectivity index is -0.000000242. The quantitative estimate of drug-likeness (QED) is 0.444. The molecule has 0 saturated heterocycles. The minimum absolute atomic E-state index is 0. The molecule has 0 aliphatic rings. The first-order chi connectivity index (χ1) is 6.54. The van der Waals surface area contributed by atoms with Crippen molar-refractivity contribution in [1.82, 2.24) is 0 Å². The molecule has 0 spiro atoms. The SMILES string of the molecule is N[C@@H](CCC(=O)O)C(=O)O.[Cu+2].[O]=[Cr](=[O])([O-])[O-]. The van der Waals surface area contributed by atoms with E-state index in [4.69, 9.17) is 31.9 Å². The first kappa shape index (κ1) is 20.8. The summed E-state index contributed by atoms with van der Waals surface area (Å²) in [4.78, 5) is 19.9. The van der Waals surface area contributed by atoms with Gasteiger partial charge in [-0.1, -0.05) is 0 Å². The third kappa shape index (κ3) is 29.2. The van der Waals surface area contributed by atoms with E-state index in [1.165, 1.54) is 0 Å². The summed E-state index contributed by atoms with van der Waals surface area (Å²) < 4.78 is 34.4. The van der Waals surface area contributed by atoms with Gasteiger partial charge in [0.25, 0.3) is 0 Å². The molecular formula is C5H9CrCuNO8. The van der Waals surface area contributed by atoms with Crippen LogP contribution in [-0.4, -0.2) is 28.2 Å². The monoisotopic (exact) mass is 326 g/mol. The molecule has 4 N–H and O–H groups in total. The second-order valence-electron chi connectivity index (χ2n) is 2.29. The van der Waals surface area contributed by atoms with Gasteiger partial charge in [0.05, 0.1) is 0 Å². The molecule has 0 aromatic carbocycles. The maximum atomic E-state index is 9.99. The Morgan fingerprint density at radius 1 is 1.25 bits per heavy atom. The van der Waals surface area contributed by atoms with E-state index in [0.29, 0.717) is 0 Å². The molecule has 0 fully saturated rings. The van der Waals surface area contributed by atoms with Crippen molar-refractivity contribution in [2.24, 2.45) is 5.73 Å². The zero-order valence-corrected chi connectivity index (χ0v) is 9.84. The van der Waals surface area contributed by atoms with E-state index in [0.717, 1.165) is 0 Å². The maximum absolute atomic E-state index is 9.99. The summed E-state index contributed by atoms with van der Waals surface area (Å²) in [6, 6.07) is -1.06. The third-order valence-electron chi connectivity index (χ3n) is 0.986. The van der Waals surface area contributed by atoms with E-state index >= 15 is 0 Å². The van der Waals surface area contributed by atoms with Crippen molar-refractivity contribution in [3.63, 3.8) is 0 Å². The molecule has 0 saturated carbocycles. The first-order valence-electron chi connectivity index (χ1n) is 3.41. The van der Waals surface area contributed by atoms with Gasteiger partial charge in [-0.2, -0.15) is 0 Å². The molecule has 1 atom stereocenters. The molecule has 0 aromatic rings. The number of carbonyl (C=O) groups is 2. The van der Waals surface area contributed by atoms with Gasteiger partial charge in [0.15, 0.2) is 0 Å². The van der Waals surface area contributed by atoms with Gasteiger partial charge in [-0.15, -0.1) is 0 Å². The van der Waals surface area contributed by atoms with Gasteiger partial charge in [0.2, 0.25) is 0 Å². The van der Waals surface area contributed by atoms with Crippen molar-refractivity contribution in [2.75, 3.05) is 0 Å². The number of aliphatic carboxylic acids is 2. The number of hydrogen-bond acceptors (Lipinski definition) is 7. The van der Waals surface area contributed by atoms with Crippen molar-refractivity contribution in [1.29, 1.82) is 0 Å². The molecule has 9 nitrogen and oxygen atoms in total. The summed E-state index contributed by atoms with van der Waals surface area (Å²) in [6.07, 6.45) is -0.224. The summed E-state index contributed by atoms with van der Waals surface area (Å²) in [6.45, 7) is 0. The van der Waals surface area contributed by atoms with Crippen LogP contribution in [0.1, 0.15) is 12.8 Å². The average Bonchev–Trinajstić information content (AvgIpc) is 1.96. The second-order valence-corrected chi connectivity index (χ2v) is 3.56. The van der Waals surface area contributed by atoms with E-state index < -0.39 is 31.6 Å². The zero-order valence-electron chi connectivity index (χ0n) is 7.62. The van der Waals surface area contributed by atoms with Crippen LogP contribution in [-0.2, 0) is 47.9 Å². The van der Waals surface area contributed by atoms with Gasteiger partial charge < -0.3 is 15.9 Å². The molecule has 0 bridgehead atoms. The van der Waals surface area contributed by atoms with Crippen molar-refractivity contribution in [3.8, 4) is 0 Å². The van der Waals surface area contributed by atoms with Crippen LogP contribution in [0.3, 0.4) is 0 Å². The van der Waals surface area contributed by atoms with Crippen LogP contribution >= 0.6 is 0 Å². The predicted molar refractivity (Wildman–Crippen MR) is 33.9 cm³/mol. The van der Waals surface area contributed by atoms with Crippen molar-refractivity contribution in [3.05, 3.63) is 0 Å². The molecular weight excluding hydrogens is 318 g/mol. The van der Waals surface area contributed by atoms with E-state index in [9.17, 15) is 9.59 Å². The van der Waals surface area contributed by atoms with Crippen molar-refractivity contribution >= 4 is 11.9 Å². The Labute approximate surface area is 103 Å². The van der Waals surface area contributed by atoms with Gasteiger partial charge in [-0.3, -0.25) is 9.59 Å². The van der Waals surface area contributed by atoms with Gasteiger partial charge in [0, 0.05) is 6.42 Å². The van der Waals surface area contributed by atoms with E-state index in [-0.39, 0.29) is 29.9 Å². The van der Waals surface area contributed by atoms with Gasteiger partial charge in [0.1, 0.15) is 6.04 Å². The molecule has 0 unspecified atom stereocenters. The molecule has 0 aromatic heterocycles. The summed E-state index contributed by atoms with van der Waals surface area (Å²) >= 11 is -5.75. The van der Waals surface area contributed by atoms with Gasteiger partial charge in [-0.25, -0.2) is 0 Å². The first-order valence-corrected chi connectivity index (χ1v) is 5.49. The summed E-state index contributed by atoms with van der Waals surface area (Å²) in [5, 5.41) is 16.3. The molecule has 0 amide bonds. The minimum atomic E-state index is -5.75. The molecule has 0 heterocycles. The molecule has 0 aliphatic carbocycles. The fourth-order valence-corrected chi connectivity index (χ4v) is 0.402. The van der Waals surface area contributed by atoms with Crippen LogP contribution in [0, 0.1) is 0 Å². The van der Waals surface area contributed by atoms with E-state index in [1.54, 1.807) is 0 Å². The Morgan fingerprint density at radius 2 is 1.56 bits per heavy atom. The predicted octanol–water partition coefficient (Wildman–Crippen LogP) is -3.36. The Hall–Kier alpha value is -0.528. The number of rotatable bonds is 4. The molecule has 0 aliphatic heterocycles. The van der Waals surface area contributed by atoms with E-state index in [2.05, 4.69) is 0 Å². The Morgan fingerprint density at radius 3 is 1.75 bits per heavy atom. The fourth-order valence-electron chi connectivity index (χ4n) is 0.402. The Bertz CT molecular complexity index is 306. The topological polar surface area (TPSA) is 181 Å². The van der Waals surface area contributed by atoms with Crippen LogP contribution < -0.4 is 14.1 Å². The van der Waals surface area contributed by atoms with E-state index in [1.807, 2.05) is 0 Å². The van der Waals surface area contributed by atoms with Crippen LogP contribution in [0.5, 0.6) is 0 Å². The number of carboxylic acid groups (broad SMARTS) is 2. The van der Waals surface area contributed by atoms with Gasteiger partial charge in [-0.05, 0) is 6.42 Å². The molecule has 1 radical (unpaired) electrons. The third-order valence-corrected chi connectivity index (χ3v) is 0.986. The molecule has 99 valence electrons. The fraction of sp³-hybridized carbons (Fsp3) is 0.600. The van der Waals surface area contributed by atoms with Crippen molar-refractivity contribution in [2.45, 2.75) is 18.9 Å². The molecule has 11 heteroatoms. The van der Waals surface area contributed by atoms with Crippen LogP contribution in [0.2, 0.25) is 0 Å². The molecule has 16 heavy (non-hydrogen) atoms. The van der Waals surface area contributed by atoms with Crippen molar-refractivity contribution < 1.29 is 66.4 Å². The summed E-state index contributed by atoms with van der Waals surface area (Å²) in [7, 11) is 0. The van der Waals surface area contributed by atoms with Crippen LogP contribution in [0.4, 0.5) is 0 Å². The second kappa shape index (κ2) is 9.68. The summed E-state index contributed by atoms with van der Waals surface area (Å²) in [5.41, 5.74) is 5.00. The number of nitrogens with two attached hydrogens (primary N) is 1. The van der Waals surface area contributed by atoms with Gasteiger partial charge >= 0.3 is 58.5 Å². The normalized spacial score (nSPS) is 11.4. The standard InChI is InChI=1S/C5H9NO4.Cr.Cu.4O/c6-3(5(9)10)1-2-4(7)8;;;;;;/h3H,1-2,6H2,(H,7,8)(H,9,10);;;;;;/q;;+2;;;2*-1/t3-;;;;;;/m0....../s1. The summed E-state index contributed by atoms with van der Waals surface area (Å²) in [5.74, 6) is -2.20. The van der Waals surface area contributed by atoms with Crippen LogP contribution in [0.25, 0.3) is 0 Å². The Kier molecular flexibility index (Phi) is 12.6. The molecule has 0 rings (SSSR count).